The summed E-state index contributed by atoms with van der Waals surface area (Å²) in [6, 6.07) is 19.4. The van der Waals surface area contributed by atoms with E-state index < -0.39 is 0 Å². The van der Waals surface area contributed by atoms with Crippen molar-refractivity contribution < 1.29 is 4.74 Å². The number of nitrogens with zero attached hydrogens (tertiary/aromatic N) is 1. The lowest BCUT2D eigenvalue weighted by atomic mass is 10.2. The molecule has 3 aromatic rings. The molecular formula is C15H11NOS. The molecule has 0 unspecified atom stereocenters. The molecule has 0 aliphatic heterocycles. The summed E-state index contributed by atoms with van der Waals surface area (Å²) in [4.78, 5) is 5.32. The van der Waals surface area contributed by atoms with Crippen LogP contribution in [0.3, 0.4) is 0 Å². The first-order valence-corrected chi connectivity index (χ1v) is 6.09. The molecule has 0 saturated carbocycles. The van der Waals surface area contributed by atoms with Gasteiger partial charge < -0.3 is 4.74 Å². The van der Waals surface area contributed by atoms with E-state index in [0.29, 0.717) is 5.88 Å². The van der Waals surface area contributed by atoms with Gasteiger partial charge in [-0.15, -0.1) is 12.6 Å². The largest absolute Gasteiger partial charge is 0.439 e. The topological polar surface area (TPSA) is 22.1 Å². The van der Waals surface area contributed by atoms with E-state index in [4.69, 9.17) is 4.74 Å². The Morgan fingerprint density at radius 3 is 2.50 bits per heavy atom. The van der Waals surface area contributed by atoms with Crippen molar-refractivity contribution in [1.82, 2.24) is 4.98 Å². The maximum Gasteiger partial charge on any atom is 0.219 e. The smallest absolute Gasteiger partial charge is 0.219 e. The second kappa shape index (κ2) is 4.70. The minimum Gasteiger partial charge on any atom is -0.439 e. The summed E-state index contributed by atoms with van der Waals surface area (Å²) >= 11 is 4.41. The Morgan fingerprint density at radius 1 is 0.833 bits per heavy atom. The van der Waals surface area contributed by atoms with Crippen LogP contribution in [0.15, 0.2) is 65.6 Å². The molecule has 0 spiro atoms. The van der Waals surface area contributed by atoms with Crippen LogP contribution in [0.25, 0.3) is 10.9 Å². The maximum absolute atomic E-state index is 5.70. The third kappa shape index (κ3) is 2.17. The quantitative estimate of drug-likeness (QED) is 0.687. The van der Waals surface area contributed by atoms with Crippen molar-refractivity contribution in [3.63, 3.8) is 0 Å². The molecule has 0 saturated heterocycles. The number of fused-ring (bicyclic) bond motifs is 1. The minimum atomic E-state index is 0.579. The molecule has 1 aromatic heterocycles. The van der Waals surface area contributed by atoms with Gasteiger partial charge in [-0.2, -0.15) is 0 Å². The zero-order valence-electron chi connectivity index (χ0n) is 9.58. The lowest BCUT2D eigenvalue weighted by Gasteiger charge is -2.06. The van der Waals surface area contributed by atoms with Crippen LogP contribution in [0.5, 0.6) is 11.6 Å². The van der Waals surface area contributed by atoms with Gasteiger partial charge in [0.15, 0.2) is 0 Å². The molecule has 0 aliphatic carbocycles. The average molecular weight is 253 g/mol. The number of para-hydroxylation sites is 2. The summed E-state index contributed by atoms with van der Waals surface area (Å²) in [7, 11) is 0. The Hall–Kier alpha value is -2.00. The molecule has 2 aromatic carbocycles. The summed E-state index contributed by atoms with van der Waals surface area (Å²) in [5.41, 5.74) is 0.856. The fraction of sp³-hybridized carbons (Fsp3) is 0. The van der Waals surface area contributed by atoms with Gasteiger partial charge in [0, 0.05) is 16.3 Å². The van der Waals surface area contributed by atoms with Gasteiger partial charge >= 0.3 is 0 Å². The Morgan fingerprint density at radius 2 is 1.67 bits per heavy atom. The van der Waals surface area contributed by atoms with Gasteiger partial charge in [-0.25, -0.2) is 4.98 Å². The van der Waals surface area contributed by atoms with Crippen LogP contribution in [-0.4, -0.2) is 4.98 Å². The minimum absolute atomic E-state index is 0.579. The number of pyridine rings is 1. The molecule has 18 heavy (non-hydrogen) atoms. The zero-order chi connectivity index (χ0) is 12.4. The van der Waals surface area contributed by atoms with E-state index in [1.807, 2.05) is 60.7 Å². The first-order valence-electron chi connectivity index (χ1n) is 5.64. The second-order valence-corrected chi connectivity index (χ2v) is 4.40. The molecule has 3 heteroatoms. The Bertz CT molecular complexity index is 682. The molecule has 88 valence electrons. The van der Waals surface area contributed by atoms with E-state index >= 15 is 0 Å². The van der Waals surface area contributed by atoms with Gasteiger partial charge in [0.25, 0.3) is 0 Å². The number of benzene rings is 2. The molecule has 0 N–H and O–H groups in total. The van der Waals surface area contributed by atoms with Crippen LogP contribution in [0, 0.1) is 0 Å². The lowest BCUT2D eigenvalue weighted by molar-refractivity contribution is 0.465. The molecule has 0 atom stereocenters. The summed E-state index contributed by atoms with van der Waals surface area (Å²) in [6.45, 7) is 0. The number of hydrogen-bond donors (Lipinski definition) is 1. The van der Waals surface area contributed by atoms with Gasteiger partial charge in [-0.05, 0) is 24.3 Å². The van der Waals surface area contributed by atoms with E-state index in [0.717, 1.165) is 21.5 Å². The van der Waals surface area contributed by atoms with Crippen LogP contribution in [0.4, 0.5) is 0 Å². The highest BCUT2D eigenvalue weighted by Crippen LogP contribution is 2.25. The SMILES string of the molecule is Sc1cccc2ccc(Oc3ccccc3)nc12. The van der Waals surface area contributed by atoms with Crippen molar-refractivity contribution >= 4 is 23.5 Å². The van der Waals surface area contributed by atoms with Gasteiger partial charge in [-0.3, -0.25) is 0 Å². The standard InChI is InChI=1S/C15H11NOS/c18-13-8-4-5-11-9-10-14(16-15(11)13)17-12-6-2-1-3-7-12/h1-10,18H. The number of ether oxygens (including phenoxy) is 1. The highest BCUT2D eigenvalue weighted by molar-refractivity contribution is 7.80. The molecule has 0 radical (unpaired) electrons. The Balaban J connectivity index is 2.01. The molecule has 2 nitrogen and oxygen atoms in total. The lowest BCUT2D eigenvalue weighted by Crippen LogP contribution is -1.88. The van der Waals surface area contributed by atoms with E-state index in [1.165, 1.54) is 0 Å². The Kier molecular flexibility index (Phi) is 2.90. The third-order valence-electron chi connectivity index (χ3n) is 2.64. The van der Waals surface area contributed by atoms with Crippen LogP contribution in [0.2, 0.25) is 0 Å². The number of hydrogen-bond acceptors (Lipinski definition) is 3. The predicted octanol–water partition coefficient (Wildman–Crippen LogP) is 4.32. The number of rotatable bonds is 2. The molecule has 3 rings (SSSR count). The summed E-state index contributed by atoms with van der Waals surface area (Å²) < 4.78 is 5.70. The highest BCUT2D eigenvalue weighted by Gasteiger charge is 2.02. The van der Waals surface area contributed by atoms with Gasteiger partial charge in [0.2, 0.25) is 5.88 Å². The second-order valence-electron chi connectivity index (χ2n) is 3.91. The Labute approximate surface area is 111 Å². The van der Waals surface area contributed by atoms with Gasteiger partial charge in [0.05, 0.1) is 5.52 Å². The highest BCUT2D eigenvalue weighted by atomic mass is 32.1. The van der Waals surface area contributed by atoms with Crippen LogP contribution >= 0.6 is 12.6 Å². The third-order valence-corrected chi connectivity index (χ3v) is 3.00. The van der Waals surface area contributed by atoms with Crippen LogP contribution < -0.4 is 4.74 Å². The maximum atomic E-state index is 5.70. The van der Waals surface area contributed by atoms with Crippen molar-refractivity contribution in [3.8, 4) is 11.6 Å². The summed E-state index contributed by atoms with van der Waals surface area (Å²) in [6.07, 6.45) is 0. The van der Waals surface area contributed by atoms with E-state index in [9.17, 15) is 0 Å². The van der Waals surface area contributed by atoms with E-state index in [-0.39, 0.29) is 0 Å². The van der Waals surface area contributed by atoms with Crippen molar-refractivity contribution in [1.29, 1.82) is 0 Å². The van der Waals surface area contributed by atoms with Crippen molar-refractivity contribution in [2.45, 2.75) is 4.90 Å². The molecule has 0 bridgehead atoms. The first-order chi connectivity index (χ1) is 8.83. The molecular weight excluding hydrogens is 242 g/mol. The predicted molar refractivity (Wildman–Crippen MR) is 75.5 cm³/mol. The van der Waals surface area contributed by atoms with Crippen molar-refractivity contribution in [2.24, 2.45) is 0 Å². The summed E-state index contributed by atoms with van der Waals surface area (Å²) in [5, 5.41) is 1.06. The fourth-order valence-corrected chi connectivity index (χ4v) is 2.04. The normalized spacial score (nSPS) is 10.5. The number of thiol groups is 1. The van der Waals surface area contributed by atoms with Crippen LogP contribution in [-0.2, 0) is 0 Å². The van der Waals surface area contributed by atoms with E-state index in [1.54, 1.807) is 0 Å². The molecule has 1 heterocycles. The van der Waals surface area contributed by atoms with Crippen molar-refractivity contribution in [3.05, 3.63) is 60.7 Å². The molecule has 0 aliphatic rings. The first kappa shape index (κ1) is 11.1. The van der Waals surface area contributed by atoms with Crippen molar-refractivity contribution in [2.75, 3.05) is 0 Å². The number of aromatic nitrogens is 1. The fourth-order valence-electron chi connectivity index (χ4n) is 1.78. The monoisotopic (exact) mass is 253 g/mol. The van der Waals surface area contributed by atoms with Gasteiger partial charge in [-0.1, -0.05) is 30.3 Å². The zero-order valence-corrected chi connectivity index (χ0v) is 10.5. The van der Waals surface area contributed by atoms with Gasteiger partial charge in [0.1, 0.15) is 5.75 Å². The van der Waals surface area contributed by atoms with Crippen LogP contribution in [0.1, 0.15) is 0 Å². The average Bonchev–Trinajstić information content (AvgIpc) is 2.41. The summed E-state index contributed by atoms with van der Waals surface area (Å²) in [5.74, 6) is 1.36. The molecule has 0 amide bonds. The van der Waals surface area contributed by atoms with E-state index in [2.05, 4.69) is 17.6 Å². The molecule has 0 fully saturated rings.